The van der Waals surface area contributed by atoms with Crippen LogP contribution in [0.1, 0.15) is 16.8 Å². The summed E-state index contributed by atoms with van der Waals surface area (Å²) < 4.78 is 44.4. The minimum absolute atomic E-state index is 0.107. The highest BCUT2D eigenvalue weighted by Crippen LogP contribution is 2.44. The van der Waals surface area contributed by atoms with Crippen molar-refractivity contribution in [3.8, 4) is 11.5 Å². The first-order valence-electron chi connectivity index (χ1n) is 8.56. The zero-order chi connectivity index (χ0) is 19.7. The molecule has 3 N–H and O–H groups in total. The zero-order valence-corrected chi connectivity index (χ0v) is 14.6. The third-order valence-electron chi connectivity index (χ3n) is 4.35. The first kappa shape index (κ1) is 18.0. The molecule has 0 saturated heterocycles. The van der Waals surface area contributed by atoms with E-state index in [9.17, 15) is 18.0 Å². The maximum Gasteiger partial charge on any atom is 0.416 e. The van der Waals surface area contributed by atoms with E-state index in [-0.39, 0.29) is 24.6 Å². The van der Waals surface area contributed by atoms with E-state index in [1.807, 2.05) is 18.2 Å². The quantitative estimate of drug-likeness (QED) is 0.474. The molecule has 1 amide bonds. The average molecular weight is 387 g/mol. The number of fused-ring (bicyclic) bond motifs is 2. The van der Waals surface area contributed by atoms with Crippen molar-refractivity contribution in [2.24, 2.45) is 0 Å². The Balaban J connectivity index is 1.45. The van der Waals surface area contributed by atoms with E-state index in [1.54, 1.807) is 18.3 Å². The average Bonchev–Trinajstić information content (AvgIpc) is 3.16. The Hall–Kier alpha value is -3.42. The third-order valence-corrected chi connectivity index (χ3v) is 4.35. The number of anilines is 2. The van der Waals surface area contributed by atoms with E-state index in [0.717, 1.165) is 23.4 Å². The van der Waals surface area contributed by atoms with Crippen molar-refractivity contribution >= 4 is 17.3 Å². The van der Waals surface area contributed by atoms with Crippen molar-refractivity contribution < 1.29 is 22.7 Å². The number of ether oxygens (including phenoxy) is 1. The molecule has 2 heterocycles. The molecule has 0 aliphatic carbocycles. The van der Waals surface area contributed by atoms with Gasteiger partial charge in [0.25, 0.3) is 0 Å². The fourth-order valence-corrected chi connectivity index (χ4v) is 2.93. The molecule has 144 valence electrons. The summed E-state index contributed by atoms with van der Waals surface area (Å²) in [5.41, 5.74) is 1.92. The predicted octanol–water partition coefficient (Wildman–Crippen LogP) is 4.74. The number of hydrogen-bond acceptors (Lipinski definition) is 3. The Morgan fingerprint density at radius 2 is 1.79 bits per heavy atom. The molecule has 0 unspecified atom stereocenters. The van der Waals surface area contributed by atoms with Gasteiger partial charge in [-0.1, -0.05) is 6.07 Å². The van der Waals surface area contributed by atoms with Gasteiger partial charge in [-0.25, -0.2) is 0 Å². The van der Waals surface area contributed by atoms with E-state index in [2.05, 4.69) is 15.6 Å². The number of aromatic amines is 1. The molecule has 1 aromatic heterocycles. The number of halogens is 3. The van der Waals surface area contributed by atoms with Gasteiger partial charge in [0.1, 0.15) is 0 Å². The lowest BCUT2D eigenvalue weighted by molar-refractivity contribution is -0.137. The van der Waals surface area contributed by atoms with Crippen molar-refractivity contribution in [3.05, 3.63) is 71.5 Å². The van der Waals surface area contributed by atoms with Crippen LogP contribution in [0.4, 0.5) is 24.5 Å². The van der Waals surface area contributed by atoms with Crippen LogP contribution in [-0.4, -0.2) is 10.9 Å². The van der Waals surface area contributed by atoms with Crippen LogP contribution >= 0.6 is 0 Å². The number of H-pyrrole nitrogens is 1. The summed E-state index contributed by atoms with van der Waals surface area (Å²) >= 11 is 0. The summed E-state index contributed by atoms with van der Waals surface area (Å²) in [6, 6.07) is 12.2. The van der Waals surface area contributed by atoms with Crippen LogP contribution in [0.25, 0.3) is 0 Å². The summed E-state index contributed by atoms with van der Waals surface area (Å²) in [6.07, 6.45) is -2.45. The van der Waals surface area contributed by atoms with Gasteiger partial charge in [-0.15, -0.1) is 0 Å². The predicted molar refractivity (Wildman–Crippen MR) is 97.6 cm³/mol. The van der Waals surface area contributed by atoms with Gasteiger partial charge in [0, 0.05) is 18.4 Å². The Bertz CT molecular complexity index is 1010. The Morgan fingerprint density at radius 3 is 2.50 bits per heavy atom. The van der Waals surface area contributed by atoms with Gasteiger partial charge in [0.2, 0.25) is 5.91 Å². The van der Waals surface area contributed by atoms with E-state index in [0.29, 0.717) is 17.1 Å². The maximum atomic E-state index is 12.9. The minimum atomic E-state index is -4.44. The minimum Gasteiger partial charge on any atom is -0.453 e. The molecule has 0 saturated carbocycles. The summed E-state index contributed by atoms with van der Waals surface area (Å²) in [6.45, 7) is 0.283. The summed E-state index contributed by atoms with van der Waals surface area (Å²) in [7, 11) is 0. The van der Waals surface area contributed by atoms with Crippen LogP contribution in [0.3, 0.4) is 0 Å². The normalized spacial score (nSPS) is 12.4. The summed E-state index contributed by atoms with van der Waals surface area (Å²) in [5, 5.41) is 5.87. The molecule has 2 aromatic carbocycles. The number of amides is 1. The first-order chi connectivity index (χ1) is 13.4. The highest BCUT2D eigenvalue weighted by Gasteiger charge is 2.32. The second kappa shape index (κ2) is 6.95. The van der Waals surface area contributed by atoms with E-state index in [1.165, 1.54) is 6.07 Å². The SMILES string of the molecule is O=C(Cc1ccc[nH]1)NCc1ccc2c(c1)Oc1cc(C(F)(F)F)ccc1N2. The number of carbonyl (C=O) groups excluding carboxylic acids is 1. The Labute approximate surface area is 158 Å². The van der Waals surface area contributed by atoms with Crippen LogP contribution < -0.4 is 15.4 Å². The number of nitrogens with one attached hydrogen (secondary N) is 3. The Kier molecular flexibility index (Phi) is 4.46. The largest absolute Gasteiger partial charge is 0.453 e. The van der Waals surface area contributed by atoms with Crippen molar-refractivity contribution in [1.82, 2.24) is 10.3 Å². The lowest BCUT2D eigenvalue weighted by Gasteiger charge is -2.23. The Morgan fingerprint density at radius 1 is 1.04 bits per heavy atom. The number of rotatable bonds is 4. The molecule has 0 fully saturated rings. The molecule has 1 aliphatic rings. The van der Waals surface area contributed by atoms with Gasteiger partial charge in [0.15, 0.2) is 11.5 Å². The van der Waals surface area contributed by atoms with Gasteiger partial charge in [-0.05, 0) is 48.0 Å². The molecular formula is C20H16F3N3O2. The monoisotopic (exact) mass is 387 g/mol. The molecule has 28 heavy (non-hydrogen) atoms. The highest BCUT2D eigenvalue weighted by atomic mass is 19.4. The first-order valence-corrected chi connectivity index (χ1v) is 8.56. The zero-order valence-electron chi connectivity index (χ0n) is 14.6. The van der Waals surface area contributed by atoms with Crippen LogP contribution in [0.2, 0.25) is 0 Å². The van der Waals surface area contributed by atoms with E-state index < -0.39 is 11.7 Å². The molecule has 0 radical (unpaired) electrons. The lowest BCUT2D eigenvalue weighted by atomic mass is 10.1. The number of hydrogen-bond donors (Lipinski definition) is 3. The van der Waals surface area contributed by atoms with Gasteiger partial charge in [-0.2, -0.15) is 13.2 Å². The number of carbonyl (C=O) groups is 1. The fourth-order valence-electron chi connectivity index (χ4n) is 2.93. The van der Waals surface area contributed by atoms with Crippen molar-refractivity contribution in [2.75, 3.05) is 5.32 Å². The maximum absolute atomic E-state index is 12.9. The standard InChI is InChI=1S/C20H16F3N3O2/c21-20(22,23)13-4-6-16-18(9-13)28-17-8-12(3-5-15(17)26-16)11-25-19(27)10-14-2-1-7-24-14/h1-9,24,26H,10-11H2,(H,25,27). The number of benzene rings is 2. The molecule has 0 spiro atoms. The second-order valence-electron chi connectivity index (χ2n) is 6.42. The van der Waals surface area contributed by atoms with E-state index in [4.69, 9.17) is 4.74 Å². The molecule has 5 nitrogen and oxygen atoms in total. The van der Waals surface area contributed by atoms with Gasteiger partial charge < -0.3 is 20.4 Å². The molecule has 1 aliphatic heterocycles. The molecule has 0 bridgehead atoms. The highest BCUT2D eigenvalue weighted by molar-refractivity contribution is 5.78. The van der Waals surface area contributed by atoms with Crippen LogP contribution in [0.15, 0.2) is 54.7 Å². The van der Waals surface area contributed by atoms with Crippen molar-refractivity contribution in [3.63, 3.8) is 0 Å². The molecule has 3 aromatic rings. The number of alkyl halides is 3. The van der Waals surface area contributed by atoms with Crippen LogP contribution in [0, 0.1) is 0 Å². The fraction of sp³-hybridized carbons (Fsp3) is 0.150. The van der Waals surface area contributed by atoms with Crippen LogP contribution in [0.5, 0.6) is 11.5 Å². The molecular weight excluding hydrogens is 371 g/mol. The summed E-state index contributed by atoms with van der Waals surface area (Å²) in [5.74, 6) is 0.373. The van der Waals surface area contributed by atoms with Gasteiger partial charge >= 0.3 is 6.18 Å². The molecule has 8 heteroatoms. The van der Waals surface area contributed by atoms with E-state index >= 15 is 0 Å². The summed E-state index contributed by atoms with van der Waals surface area (Å²) in [4.78, 5) is 14.9. The van der Waals surface area contributed by atoms with Crippen LogP contribution in [-0.2, 0) is 23.9 Å². The van der Waals surface area contributed by atoms with Gasteiger partial charge in [-0.3, -0.25) is 4.79 Å². The third kappa shape index (κ3) is 3.80. The smallest absolute Gasteiger partial charge is 0.416 e. The van der Waals surface area contributed by atoms with Crippen molar-refractivity contribution in [1.29, 1.82) is 0 Å². The molecule has 0 atom stereocenters. The molecule has 4 rings (SSSR count). The number of aromatic nitrogens is 1. The second-order valence-corrected chi connectivity index (χ2v) is 6.42. The lowest BCUT2D eigenvalue weighted by Crippen LogP contribution is -2.24. The topological polar surface area (TPSA) is 66.2 Å². The van der Waals surface area contributed by atoms with Gasteiger partial charge in [0.05, 0.1) is 23.4 Å². The van der Waals surface area contributed by atoms with Crippen molar-refractivity contribution in [2.45, 2.75) is 19.1 Å².